The van der Waals surface area contributed by atoms with E-state index in [0.717, 1.165) is 43.9 Å². The molecule has 1 aliphatic heterocycles. The van der Waals surface area contributed by atoms with E-state index in [9.17, 15) is 0 Å². The quantitative estimate of drug-likeness (QED) is 0.802. The minimum absolute atomic E-state index is 0.325. The molecule has 1 saturated heterocycles. The topological polar surface area (TPSA) is 48.4 Å². The summed E-state index contributed by atoms with van der Waals surface area (Å²) in [7, 11) is 0. The number of aryl methyl sites for hydroxylation is 1. The molecule has 100 valence electrons. The lowest BCUT2D eigenvalue weighted by molar-refractivity contribution is 0.174. The summed E-state index contributed by atoms with van der Waals surface area (Å²) in [5.74, 6) is 1.41. The minimum Gasteiger partial charge on any atom is -0.396 e. The molecular formula is C13H21N3OS. The van der Waals surface area contributed by atoms with Crippen molar-refractivity contribution in [1.29, 1.82) is 0 Å². The number of rotatable bonds is 5. The van der Waals surface area contributed by atoms with Crippen LogP contribution in [0.5, 0.6) is 0 Å². The van der Waals surface area contributed by atoms with Crippen molar-refractivity contribution < 1.29 is 5.11 Å². The first-order valence-electron chi connectivity index (χ1n) is 6.56. The van der Waals surface area contributed by atoms with Crippen LogP contribution in [0.1, 0.15) is 25.5 Å². The minimum atomic E-state index is 0.325. The molecule has 5 heteroatoms. The molecule has 18 heavy (non-hydrogen) atoms. The molecule has 0 amide bonds. The van der Waals surface area contributed by atoms with Crippen molar-refractivity contribution in [1.82, 2.24) is 9.29 Å². The second-order valence-electron chi connectivity index (χ2n) is 4.62. The van der Waals surface area contributed by atoms with Crippen molar-refractivity contribution in [3.63, 3.8) is 0 Å². The van der Waals surface area contributed by atoms with E-state index in [1.54, 1.807) is 12.1 Å². The number of hydrogen-bond donors (Lipinski definition) is 2. The number of aliphatic hydroxyl groups is 1. The Kier molecular flexibility index (Phi) is 5.28. The summed E-state index contributed by atoms with van der Waals surface area (Å²) in [5, 5.41) is 9.09. The van der Waals surface area contributed by atoms with Gasteiger partial charge in [-0.1, -0.05) is 13.0 Å². The highest BCUT2D eigenvalue weighted by Crippen LogP contribution is 2.23. The number of aliphatic hydroxyl groups excluding tert-OH is 1. The Morgan fingerprint density at radius 2 is 2.22 bits per heavy atom. The van der Waals surface area contributed by atoms with Gasteiger partial charge in [-0.2, -0.15) is 0 Å². The molecule has 0 saturated carbocycles. The van der Waals surface area contributed by atoms with Crippen LogP contribution in [0.2, 0.25) is 0 Å². The van der Waals surface area contributed by atoms with Gasteiger partial charge in [0.1, 0.15) is 5.82 Å². The standard InChI is InChI=1S/C13H21N3OS/c1-2-12-4-3-5-13(14-12)15-18-16-8-6-11(10-17)7-9-16/h3-5,11,17H,2,6-10H2,1H3,(H,14,15). The molecule has 1 aromatic rings. The number of nitrogens with one attached hydrogen (secondary N) is 1. The fourth-order valence-corrected chi connectivity index (χ4v) is 2.76. The third-order valence-corrected chi connectivity index (χ3v) is 4.20. The average Bonchev–Trinajstić information content (AvgIpc) is 2.46. The third-order valence-electron chi connectivity index (χ3n) is 3.28. The summed E-state index contributed by atoms with van der Waals surface area (Å²) < 4.78 is 5.59. The fourth-order valence-electron chi connectivity index (χ4n) is 2.03. The number of piperidine rings is 1. The number of pyridine rings is 1. The van der Waals surface area contributed by atoms with Crippen molar-refractivity contribution >= 4 is 18.0 Å². The van der Waals surface area contributed by atoms with E-state index in [-0.39, 0.29) is 0 Å². The van der Waals surface area contributed by atoms with Gasteiger partial charge in [0.05, 0.1) is 0 Å². The molecular weight excluding hydrogens is 246 g/mol. The van der Waals surface area contributed by atoms with Crippen LogP contribution in [0.25, 0.3) is 0 Å². The van der Waals surface area contributed by atoms with Gasteiger partial charge in [0, 0.05) is 37.5 Å². The smallest absolute Gasteiger partial charge is 0.137 e. The highest BCUT2D eigenvalue weighted by molar-refractivity contribution is 7.98. The van der Waals surface area contributed by atoms with Gasteiger partial charge in [-0.05, 0) is 37.3 Å². The Hall–Kier alpha value is -0.780. The molecule has 0 aliphatic carbocycles. The maximum Gasteiger partial charge on any atom is 0.137 e. The lowest BCUT2D eigenvalue weighted by Crippen LogP contribution is -2.30. The molecule has 4 nitrogen and oxygen atoms in total. The molecule has 0 aromatic carbocycles. The Morgan fingerprint density at radius 3 is 2.89 bits per heavy atom. The Morgan fingerprint density at radius 1 is 1.44 bits per heavy atom. The number of anilines is 1. The van der Waals surface area contributed by atoms with Gasteiger partial charge >= 0.3 is 0 Å². The maximum absolute atomic E-state index is 9.09. The SMILES string of the molecule is CCc1cccc(NSN2CCC(CO)CC2)n1. The van der Waals surface area contributed by atoms with Crippen molar-refractivity contribution in [3.05, 3.63) is 23.9 Å². The predicted octanol–water partition coefficient (Wildman–Crippen LogP) is 2.32. The first-order chi connectivity index (χ1) is 8.81. The summed E-state index contributed by atoms with van der Waals surface area (Å²) in [4.78, 5) is 4.51. The maximum atomic E-state index is 9.09. The highest BCUT2D eigenvalue weighted by Gasteiger charge is 2.18. The van der Waals surface area contributed by atoms with E-state index in [1.807, 2.05) is 18.2 Å². The monoisotopic (exact) mass is 267 g/mol. The number of nitrogens with zero attached hydrogens (tertiary/aromatic N) is 2. The van der Waals surface area contributed by atoms with Crippen LogP contribution in [-0.4, -0.2) is 34.1 Å². The molecule has 1 aliphatic rings. The molecule has 0 atom stereocenters. The number of hydrogen-bond acceptors (Lipinski definition) is 5. The van der Waals surface area contributed by atoms with Crippen molar-refractivity contribution in [2.75, 3.05) is 24.4 Å². The Balaban J connectivity index is 1.77. The molecule has 2 rings (SSSR count). The highest BCUT2D eigenvalue weighted by atomic mass is 32.2. The van der Waals surface area contributed by atoms with Crippen LogP contribution in [0, 0.1) is 5.92 Å². The lowest BCUT2D eigenvalue weighted by atomic mass is 10.00. The van der Waals surface area contributed by atoms with Crippen molar-refractivity contribution in [2.24, 2.45) is 5.92 Å². The third kappa shape index (κ3) is 3.86. The molecule has 1 aromatic heterocycles. The van der Waals surface area contributed by atoms with Crippen LogP contribution in [0.15, 0.2) is 18.2 Å². The van der Waals surface area contributed by atoms with E-state index < -0.39 is 0 Å². The van der Waals surface area contributed by atoms with Gasteiger partial charge in [0.2, 0.25) is 0 Å². The Labute approximate surface area is 113 Å². The van der Waals surface area contributed by atoms with Gasteiger partial charge in [-0.3, -0.25) is 0 Å². The van der Waals surface area contributed by atoms with Crippen LogP contribution >= 0.6 is 12.1 Å². The van der Waals surface area contributed by atoms with Gasteiger partial charge in [0.15, 0.2) is 0 Å². The van der Waals surface area contributed by atoms with E-state index in [1.165, 1.54) is 0 Å². The molecule has 2 N–H and O–H groups in total. The van der Waals surface area contributed by atoms with E-state index in [2.05, 4.69) is 20.9 Å². The summed E-state index contributed by atoms with van der Waals surface area (Å²) in [6.07, 6.45) is 3.11. The summed E-state index contributed by atoms with van der Waals surface area (Å²) in [5.41, 5.74) is 1.11. The largest absolute Gasteiger partial charge is 0.396 e. The lowest BCUT2D eigenvalue weighted by Gasteiger charge is -2.29. The molecule has 2 heterocycles. The summed E-state index contributed by atoms with van der Waals surface area (Å²) in [6, 6.07) is 6.07. The van der Waals surface area contributed by atoms with Gasteiger partial charge < -0.3 is 9.83 Å². The van der Waals surface area contributed by atoms with Crippen molar-refractivity contribution in [3.8, 4) is 0 Å². The second-order valence-corrected chi connectivity index (χ2v) is 5.52. The molecule has 0 radical (unpaired) electrons. The zero-order valence-corrected chi connectivity index (χ0v) is 11.6. The first-order valence-corrected chi connectivity index (χ1v) is 7.34. The summed E-state index contributed by atoms with van der Waals surface area (Å²) in [6.45, 7) is 4.48. The van der Waals surface area contributed by atoms with E-state index >= 15 is 0 Å². The van der Waals surface area contributed by atoms with Crippen LogP contribution in [0.3, 0.4) is 0 Å². The van der Waals surface area contributed by atoms with Gasteiger partial charge in [0.25, 0.3) is 0 Å². The molecule has 0 bridgehead atoms. The van der Waals surface area contributed by atoms with Crippen LogP contribution in [-0.2, 0) is 6.42 Å². The predicted molar refractivity (Wildman–Crippen MR) is 76.2 cm³/mol. The van der Waals surface area contributed by atoms with Gasteiger partial charge in [-0.25, -0.2) is 9.29 Å². The zero-order chi connectivity index (χ0) is 12.8. The molecule has 0 spiro atoms. The molecule has 1 fully saturated rings. The normalized spacial score (nSPS) is 17.9. The summed E-state index contributed by atoms with van der Waals surface area (Å²) >= 11 is 1.62. The average molecular weight is 267 g/mol. The second kappa shape index (κ2) is 6.97. The first kappa shape index (κ1) is 13.6. The van der Waals surface area contributed by atoms with E-state index in [4.69, 9.17) is 5.11 Å². The van der Waals surface area contributed by atoms with Crippen molar-refractivity contribution in [2.45, 2.75) is 26.2 Å². The molecule has 0 unspecified atom stereocenters. The van der Waals surface area contributed by atoms with Crippen LogP contribution in [0.4, 0.5) is 5.82 Å². The zero-order valence-electron chi connectivity index (χ0n) is 10.8. The fraction of sp³-hybridized carbons (Fsp3) is 0.615. The van der Waals surface area contributed by atoms with Gasteiger partial charge in [-0.15, -0.1) is 0 Å². The Bertz CT molecular complexity index is 367. The van der Waals surface area contributed by atoms with E-state index in [0.29, 0.717) is 12.5 Å². The number of aromatic nitrogens is 1. The van der Waals surface area contributed by atoms with Crippen LogP contribution < -0.4 is 4.72 Å².